The van der Waals surface area contributed by atoms with Crippen molar-refractivity contribution in [1.29, 1.82) is 0 Å². The zero-order valence-corrected chi connectivity index (χ0v) is 16.1. The van der Waals surface area contributed by atoms with Gasteiger partial charge in [0.25, 0.3) is 0 Å². The van der Waals surface area contributed by atoms with Gasteiger partial charge in [0.1, 0.15) is 5.75 Å². The Hall–Kier alpha value is -1.90. The smallest absolute Gasteiger partial charge is 0.341 e. The van der Waals surface area contributed by atoms with Gasteiger partial charge in [0.05, 0.1) is 22.2 Å². The number of nitrogens with one attached hydrogen (secondary N) is 1. The van der Waals surface area contributed by atoms with E-state index in [1.807, 2.05) is 0 Å². The molecule has 0 bridgehead atoms. The van der Waals surface area contributed by atoms with E-state index in [-0.39, 0.29) is 18.7 Å². The first-order valence-electron chi connectivity index (χ1n) is 7.70. The van der Waals surface area contributed by atoms with Crippen molar-refractivity contribution < 1.29 is 26.7 Å². The van der Waals surface area contributed by atoms with Crippen LogP contribution in [-0.2, 0) is 14.6 Å². The number of hydrogen-bond donors (Lipinski definition) is 1. The van der Waals surface area contributed by atoms with Crippen LogP contribution in [0.15, 0.2) is 47.4 Å². The van der Waals surface area contributed by atoms with Gasteiger partial charge in [-0.2, -0.15) is 8.78 Å². The van der Waals surface area contributed by atoms with E-state index in [2.05, 4.69) is 5.32 Å². The third-order valence-corrected chi connectivity index (χ3v) is 5.37. The molecule has 27 heavy (non-hydrogen) atoms. The van der Waals surface area contributed by atoms with Crippen molar-refractivity contribution in [3.05, 3.63) is 52.5 Å². The summed E-state index contributed by atoms with van der Waals surface area (Å²) < 4.78 is 54.3. The highest BCUT2D eigenvalue weighted by molar-refractivity contribution is 7.91. The monoisotopic (exact) mass is 437 g/mol. The summed E-state index contributed by atoms with van der Waals surface area (Å²) in [5.74, 6) is -3.69. The number of hydrogen-bond acceptors (Lipinski definition) is 4. The van der Waals surface area contributed by atoms with Crippen LogP contribution in [0.3, 0.4) is 0 Å². The second-order valence-electron chi connectivity index (χ2n) is 5.38. The van der Waals surface area contributed by atoms with Gasteiger partial charge < -0.3 is 10.1 Å². The van der Waals surface area contributed by atoms with Crippen molar-refractivity contribution in [2.45, 2.75) is 23.5 Å². The number of ether oxygens (including phenoxy) is 1. The Balaban J connectivity index is 1.91. The van der Waals surface area contributed by atoms with Crippen molar-refractivity contribution in [2.24, 2.45) is 0 Å². The number of halogens is 4. The molecule has 0 aliphatic carbocycles. The summed E-state index contributed by atoms with van der Waals surface area (Å²) in [6.07, 6.45) is 0.294. The maximum atomic E-state index is 12.7. The fourth-order valence-electron chi connectivity index (χ4n) is 2.13. The number of carbonyl (C=O) groups is 1. The van der Waals surface area contributed by atoms with Crippen LogP contribution >= 0.6 is 23.2 Å². The van der Waals surface area contributed by atoms with E-state index in [1.54, 1.807) is 12.1 Å². The second kappa shape index (κ2) is 9.34. The summed E-state index contributed by atoms with van der Waals surface area (Å²) >= 11 is 11.7. The molecule has 1 N–H and O–H groups in total. The molecule has 2 aromatic carbocycles. The molecule has 0 heterocycles. The standard InChI is InChI=1S/C17H15Cl2F2NO4S/c18-11-7-8-14(12(19)10-11)26-9-3-6-16(23)22-13-4-1-2-5-15(13)27(24,25)17(20)21/h1-2,4-5,7-8,10,17H,3,6,9H2,(H,22,23). The Kier molecular flexibility index (Phi) is 7.41. The van der Waals surface area contributed by atoms with Crippen molar-refractivity contribution >= 4 is 44.6 Å². The average Bonchev–Trinajstić information content (AvgIpc) is 2.60. The van der Waals surface area contributed by atoms with Crippen LogP contribution in [0.5, 0.6) is 5.75 Å². The largest absolute Gasteiger partial charge is 0.492 e. The highest BCUT2D eigenvalue weighted by Crippen LogP contribution is 2.28. The van der Waals surface area contributed by atoms with E-state index < -0.39 is 26.4 Å². The molecular formula is C17H15Cl2F2NO4S. The summed E-state index contributed by atoms with van der Waals surface area (Å²) in [5.41, 5.74) is -0.190. The Morgan fingerprint density at radius 2 is 1.85 bits per heavy atom. The second-order valence-corrected chi connectivity index (χ2v) is 8.11. The van der Waals surface area contributed by atoms with Gasteiger partial charge in [-0.1, -0.05) is 35.3 Å². The van der Waals surface area contributed by atoms with Gasteiger partial charge in [-0.3, -0.25) is 4.79 Å². The van der Waals surface area contributed by atoms with Crippen molar-refractivity contribution in [3.8, 4) is 5.75 Å². The van der Waals surface area contributed by atoms with Gasteiger partial charge in [-0.15, -0.1) is 0 Å². The van der Waals surface area contributed by atoms with Gasteiger partial charge in [-0.25, -0.2) is 8.42 Å². The number of sulfone groups is 1. The fourth-order valence-corrected chi connectivity index (χ4v) is 3.48. The molecule has 0 saturated heterocycles. The average molecular weight is 438 g/mol. The van der Waals surface area contributed by atoms with E-state index in [9.17, 15) is 22.0 Å². The van der Waals surface area contributed by atoms with Crippen LogP contribution in [0.25, 0.3) is 0 Å². The molecule has 1 amide bonds. The van der Waals surface area contributed by atoms with Crippen LogP contribution in [0, 0.1) is 0 Å². The van der Waals surface area contributed by atoms with E-state index >= 15 is 0 Å². The van der Waals surface area contributed by atoms with E-state index in [4.69, 9.17) is 27.9 Å². The normalized spacial score (nSPS) is 11.4. The van der Waals surface area contributed by atoms with Crippen molar-refractivity contribution in [2.75, 3.05) is 11.9 Å². The maximum Gasteiger partial charge on any atom is 0.341 e. The lowest BCUT2D eigenvalue weighted by atomic mass is 10.2. The molecular weight excluding hydrogens is 423 g/mol. The molecule has 0 atom stereocenters. The maximum absolute atomic E-state index is 12.7. The van der Waals surface area contributed by atoms with Crippen LogP contribution in [0.2, 0.25) is 10.0 Å². The Bertz CT molecular complexity index is 923. The lowest BCUT2D eigenvalue weighted by Gasteiger charge is -2.11. The molecule has 2 rings (SSSR count). The number of carbonyl (C=O) groups excluding carboxylic acids is 1. The summed E-state index contributed by atoms with van der Waals surface area (Å²) in [6, 6.07) is 9.72. The molecule has 5 nitrogen and oxygen atoms in total. The molecule has 146 valence electrons. The third-order valence-electron chi connectivity index (χ3n) is 3.40. The van der Waals surface area contributed by atoms with Gasteiger partial charge in [0, 0.05) is 11.4 Å². The van der Waals surface area contributed by atoms with Crippen molar-refractivity contribution in [1.82, 2.24) is 0 Å². The highest BCUT2D eigenvalue weighted by Gasteiger charge is 2.29. The number of alkyl halides is 2. The first-order chi connectivity index (χ1) is 12.7. The molecule has 0 aliphatic rings. The zero-order chi connectivity index (χ0) is 20.0. The number of para-hydroxylation sites is 1. The summed E-state index contributed by atoms with van der Waals surface area (Å²) in [7, 11) is -4.82. The minimum Gasteiger partial charge on any atom is -0.492 e. The lowest BCUT2D eigenvalue weighted by Crippen LogP contribution is -2.18. The molecule has 0 fully saturated rings. The minimum atomic E-state index is -4.82. The Labute approximate surface area is 165 Å². The van der Waals surface area contributed by atoms with Crippen LogP contribution in [-0.4, -0.2) is 26.7 Å². The molecule has 10 heteroatoms. The van der Waals surface area contributed by atoms with Gasteiger partial charge in [-0.05, 0) is 36.8 Å². The van der Waals surface area contributed by atoms with E-state index in [0.29, 0.717) is 22.2 Å². The minimum absolute atomic E-state index is 0.00569. The number of benzene rings is 2. The predicted molar refractivity (Wildman–Crippen MR) is 99.5 cm³/mol. The first-order valence-corrected chi connectivity index (χ1v) is 10.0. The van der Waals surface area contributed by atoms with E-state index in [0.717, 1.165) is 6.07 Å². The predicted octanol–water partition coefficient (Wildman–Crippen LogP) is 4.79. The Morgan fingerprint density at radius 3 is 2.52 bits per heavy atom. The molecule has 2 aromatic rings. The quantitative estimate of drug-likeness (QED) is 0.602. The lowest BCUT2D eigenvalue weighted by molar-refractivity contribution is -0.116. The van der Waals surface area contributed by atoms with Gasteiger partial charge in [0.15, 0.2) is 0 Å². The zero-order valence-electron chi connectivity index (χ0n) is 13.8. The van der Waals surface area contributed by atoms with Crippen LogP contribution in [0.1, 0.15) is 12.8 Å². The molecule has 0 radical (unpaired) electrons. The molecule has 0 spiro atoms. The third kappa shape index (κ3) is 5.79. The molecule has 0 aliphatic heterocycles. The summed E-state index contributed by atoms with van der Waals surface area (Å²) in [4.78, 5) is 11.4. The fraction of sp³-hybridized carbons (Fsp3) is 0.235. The summed E-state index contributed by atoms with van der Waals surface area (Å²) in [5, 5.41) is 3.13. The first kappa shape index (κ1) is 21.4. The number of amides is 1. The van der Waals surface area contributed by atoms with Gasteiger partial charge >= 0.3 is 5.76 Å². The number of rotatable bonds is 8. The molecule has 0 unspecified atom stereocenters. The SMILES string of the molecule is O=C(CCCOc1ccc(Cl)cc1Cl)Nc1ccccc1S(=O)(=O)C(F)F. The van der Waals surface area contributed by atoms with Crippen molar-refractivity contribution in [3.63, 3.8) is 0 Å². The molecule has 0 aromatic heterocycles. The highest BCUT2D eigenvalue weighted by atomic mass is 35.5. The Morgan fingerprint density at radius 1 is 1.15 bits per heavy atom. The number of anilines is 1. The summed E-state index contributed by atoms with van der Waals surface area (Å²) in [6.45, 7) is 0.172. The van der Waals surface area contributed by atoms with E-state index in [1.165, 1.54) is 24.3 Å². The molecule has 0 saturated carbocycles. The topological polar surface area (TPSA) is 72.5 Å². The van der Waals surface area contributed by atoms with Crippen LogP contribution < -0.4 is 10.1 Å². The van der Waals surface area contributed by atoms with Crippen LogP contribution in [0.4, 0.5) is 14.5 Å². The van der Waals surface area contributed by atoms with Gasteiger partial charge in [0.2, 0.25) is 15.7 Å².